The molecule has 1 aromatic rings. The molecule has 0 amide bonds. The Morgan fingerprint density at radius 3 is 2.69 bits per heavy atom. The monoisotopic (exact) mass is 286 g/mol. The molecule has 0 saturated heterocycles. The van der Waals surface area contributed by atoms with Crippen molar-refractivity contribution in [2.45, 2.75) is 39.8 Å². The highest BCUT2D eigenvalue weighted by Crippen LogP contribution is 2.23. The largest absolute Gasteiger partial charge is 0.472 e. The van der Waals surface area contributed by atoms with Crippen molar-refractivity contribution in [3.63, 3.8) is 0 Å². The third kappa shape index (κ3) is 4.49. The summed E-state index contributed by atoms with van der Waals surface area (Å²) in [5, 5.41) is 3.28. The molecule has 0 fully saturated rings. The van der Waals surface area contributed by atoms with E-state index >= 15 is 0 Å². The van der Waals surface area contributed by atoms with Crippen LogP contribution >= 0.6 is 15.9 Å². The van der Waals surface area contributed by atoms with Gasteiger partial charge in [0, 0.05) is 22.8 Å². The van der Waals surface area contributed by atoms with E-state index in [9.17, 15) is 0 Å². The Morgan fingerprint density at radius 1 is 1.44 bits per heavy atom. The van der Waals surface area contributed by atoms with Gasteiger partial charge in [0.25, 0.3) is 0 Å². The van der Waals surface area contributed by atoms with Gasteiger partial charge in [-0.15, -0.1) is 0 Å². The Balaban J connectivity index is 2.89. The van der Waals surface area contributed by atoms with Crippen molar-refractivity contribution >= 4 is 15.9 Å². The highest BCUT2D eigenvalue weighted by atomic mass is 79.9. The van der Waals surface area contributed by atoms with E-state index in [1.54, 1.807) is 6.20 Å². The quantitative estimate of drug-likeness (QED) is 0.923. The number of aromatic nitrogens is 1. The minimum absolute atomic E-state index is 0.220. The summed E-state index contributed by atoms with van der Waals surface area (Å²) in [6.07, 6.45) is 1.76. The number of rotatable bonds is 4. The molecule has 90 valence electrons. The topological polar surface area (TPSA) is 34.2 Å². The molecule has 1 rings (SSSR count). The van der Waals surface area contributed by atoms with E-state index in [-0.39, 0.29) is 5.60 Å². The lowest BCUT2D eigenvalue weighted by Gasteiger charge is -2.22. The molecule has 0 unspecified atom stereocenters. The van der Waals surface area contributed by atoms with Gasteiger partial charge in [-0.25, -0.2) is 4.98 Å². The average Bonchev–Trinajstić information content (AvgIpc) is 2.16. The van der Waals surface area contributed by atoms with Gasteiger partial charge in [-0.3, -0.25) is 0 Å². The summed E-state index contributed by atoms with van der Waals surface area (Å²) in [6.45, 7) is 9.85. The highest BCUT2D eigenvalue weighted by molar-refractivity contribution is 9.10. The van der Waals surface area contributed by atoms with Crippen molar-refractivity contribution in [2.75, 3.05) is 6.54 Å². The van der Waals surface area contributed by atoms with Crippen LogP contribution in [-0.4, -0.2) is 17.1 Å². The van der Waals surface area contributed by atoms with E-state index in [1.165, 1.54) is 0 Å². The van der Waals surface area contributed by atoms with Crippen molar-refractivity contribution in [3.8, 4) is 5.88 Å². The fourth-order valence-corrected chi connectivity index (χ4v) is 1.62. The Kier molecular flexibility index (Phi) is 4.74. The van der Waals surface area contributed by atoms with Crippen molar-refractivity contribution in [1.29, 1.82) is 0 Å². The summed E-state index contributed by atoms with van der Waals surface area (Å²) in [7, 11) is 0. The summed E-state index contributed by atoms with van der Waals surface area (Å²) in [4.78, 5) is 4.31. The molecule has 3 nitrogen and oxygen atoms in total. The van der Waals surface area contributed by atoms with E-state index < -0.39 is 0 Å². The summed E-state index contributed by atoms with van der Waals surface area (Å²) in [5.41, 5.74) is 0.855. The number of nitrogens with one attached hydrogen (secondary N) is 1. The second kappa shape index (κ2) is 5.64. The first-order chi connectivity index (χ1) is 7.42. The molecule has 0 saturated carbocycles. The van der Waals surface area contributed by atoms with Crippen LogP contribution in [-0.2, 0) is 6.54 Å². The Hall–Kier alpha value is -0.610. The second-order valence-electron chi connectivity index (χ2n) is 4.61. The molecule has 1 heterocycles. The van der Waals surface area contributed by atoms with Gasteiger partial charge in [0.1, 0.15) is 5.60 Å². The van der Waals surface area contributed by atoms with Crippen molar-refractivity contribution in [2.24, 2.45) is 0 Å². The molecule has 0 spiro atoms. The Labute approximate surface area is 106 Å². The maximum Gasteiger partial charge on any atom is 0.218 e. The van der Waals surface area contributed by atoms with Gasteiger partial charge >= 0.3 is 0 Å². The van der Waals surface area contributed by atoms with E-state index in [2.05, 4.69) is 33.2 Å². The smallest absolute Gasteiger partial charge is 0.218 e. The lowest BCUT2D eigenvalue weighted by atomic mass is 10.2. The normalized spacial score (nSPS) is 11.6. The highest BCUT2D eigenvalue weighted by Gasteiger charge is 2.15. The number of hydrogen-bond donors (Lipinski definition) is 1. The fraction of sp³-hybridized carbons (Fsp3) is 0.583. The van der Waals surface area contributed by atoms with Crippen LogP contribution < -0.4 is 10.1 Å². The summed E-state index contributed by atoms with van der Waals surface area (Å²) < 4.78 is 6.79. The molecule has 0 bridgehead atoms. The molecular formula is C12H19BrN2O. The maximum absolute atomic E-state index is 5.81. The lowest BCUT2D eigenvalue weighted by Crippen LogP contribution is -2.25. The average molecular weight is 287 g/mol. The molecule has 0 aliphatic carbocycles. The van der Waals surface area contributed by atoms with Crippen molar-refractivity contribution < 1.29 is 4.74 Å². The molecule has 0 radical (unpaired) electrons. The molecule has 0 atom stereocenters. The molecule has 0 aliphatic heterocycles. The zero-order valence-electron chi connectivity index (χ0n) is 10.3. The third-order valence-corrected chi connectivity index (χ3v) is 2.29. The number of halogens is 1. The molecular weight excluding hydrogens is 268 g/mol. The van der Waals surface area contributed by atoms with Crippen LogP contribution in [0.15, 0.2) is 16.7 Å². The minimum Gasteiger partial charge on any atom is -0.472 e. The van der Waals surface area contributed by atoms with Gasteiger partial charge in [-0.05, 0) is 49.3 Å². The number of nitrogens with zero attached hydrogens (tertiary/aromatic N) is 1. The lowest BCUT2D eigenvalue weighted by molar-refractivity contribution is 0.122. The van der Waals surface area contributed by atoms with Crippen LogP contribution in [0, 0.1) is 0 Å². The summed E-state index contributed by atoms with van der Waals surface area (Å²) >= 11 is 3.42. The molecule has 0 aromatic carbocycles. The molecule has 1 aromatic heterocycles. The predicted molar refractivity (Wildman–Crippen MR) is 69.7 cm³/mol. The van der Waals surface area contributed by atoms with Crippen molar-refractivity contribution in [1.82, 2.24) is 10.3 Å². The number of pyridine rings is 1. The standard InChI is InChI=1S/C12H19BrN2O/c1-5-14-7-9-6-10(13)8-15-11(9)16-12(2,3)4/h6,8,14H,5,7H2,1-4H3. The van der Waals surface area contributed by atoms with Gasteiger partial charge in [0.05, 0.1) is 0 Å². The maximum atomic E-state index is 5.81. The SMILES string of the molecule is CCNCc1cc(Br)cnc1OC(C)(C)C. The Morgan fingerprint density at radius 2 is 2.12 bits per heavy atom. The van der Waals surface area contributed by atoms with E-state index in [0.29, 0.717) is 5.88 Å². The van der Waals surface area contributed by atoms with E-state index in [0.717, 1.165) is 23.1 Å². The molecule has 16 heavy (non-hydrogen) atoms. The summed E-state index contributed by atoms with van der Waals surface area (Å²) in [5.74, 6) is 0.705. The first kappa shape index (κ1) is 13.5. The van der Waals surface area contributed by atoms with Crippen LogP contribution in [0.3, 0.4) is 0 Å². The van der Waals surface area contributed by atoms with E-state index in [4.69, 9.17) is 4.74 Å². The first-order valence-electron chi connectivity index (χ1n) is 5.46. The van der Waals surface area contributed by atoms with Gasteiger partial charge in [0.2, 0.25) is 5.88 Å². The molecule has 4 heteroatoms. The fourth-order valence-electron chi connectivity index (χ4n) is 1.24. The zero-order valence-corrected chi connectivity index (χ0v) is 11.9. The number of hydrogen-bond acceptors (Lipinski definition) is 3. The van der Waals surface area contributed by atoms with Crippen LogP contribution in [0.25, 0.3) is 0 Å². The van der Waals surface area contributed by atoms with Crippen LogP contribution in [0.4, 0.5) is 0 Å². The van der Waals surface area contributed by atoms with Gasteiger partial charge in [-0.2, -0.15) is 0 Å². The second-order valence-corrected chi connectivity index (χ2v) is 5.53. The predicted octanol–water partition coefficient (Wildman–Crippen LogP) is 3.13. The minimum atomic E-state index is -0.220. The molecule has 0 aliphatic rings. The Bertz CT molecular complexity index is 347. The van der Waals surface area contributed by atoms with Gasteiger partial charge in [-0.1, -0.05) is 6.92 Å². The number of ether oxygens (including phenoxy) is 1. The molecule has 1 N–H and O–H groups in total. The third-order valence-electron chi connectivity index (χ3n) is 1.86. The van der Waals surface area contributed by atoms with Crippen LogP contribution in [0.2, 0.25) is 0 Å². The van der Waals surface area contributed by atoms with Gasteiger partial charge in [0.15, 0.2) is 0 Å². The van der Waals surface area contributed by atoms with Crippen molar-refractivity contribution in [3.05, 3.63) is 22.3 Å². The first-order valence-corrected chi connectivity index (χ1v) is 6.26. The van der Waals surface area contributed by atoms with Gasteiger partial charge < -0.3 is 10.1 Å². The summed E-state index contributed by atoms with van der Waals surface area (Å²) in [6, 6.07) is 2.04. The zero-order chi connectivity index (χ0) is 12.2. The van der Waals surface area contributed by atoms with Crippen LogP contribution in [0.5, 0.6) is 5.88 Å². The van der Waals surface area contributed by atoms with Crippen LogP contribution in [0.1, 0.15) is 33.3 Å². The van der Waals surface area contributed by atoms with E-state index in [1.807, 2.05) is 26.8 Å².